The van der Waals surface area contributed by atoms with E-state index in [1.807, 2.05) is 0 Å². The number of nitrogens with zero attached hydrogens (tertiary/aromatic N) is 2. The molecule has 3 aromatic rings. The quantitative estimate of drug-likeness (QED) is 0.137. The fourth-order valence-electron chi connectivity index (χ4n) is 4.30. The molecule has 0 N–H and O–H groups in total. The number of benzene rings is 3. The fourth-order valence-corrected chi connectivity index (χ4v) is 5.83. The van der Waals surface area contributed by atoms with Gasteiger partial charge in [-0.3, -0.25) is 19.3 Å². The van der Waals surface area contributed by atoms with Gasteiger partial charge in [-0.2, -0.15) is 0 Å². The molecule has 1 fully saturated rings. The summed E-state index contributed by atoms with van der Waals surface area (Å²) in [4.78, 5) is 42.4. The highest BCUT2D eigenvalue weighted by atomic mass is 35.5. The predicted molar refractivity (Wildman–Crippen MR) is 134 cm³/mol. The van der Waals surface area contributed by atoms with Crippen LogP contribution in [0.15, 0.2) is 42.5 Å². The van der Waals surface area contributed by atoms with Crippen molar-refractivity contribution in [3.05, 3.63) is 95.1 Å². The van der Waals surface area contributed by atoms with Gasteiger partial charge in [-0.15, -0.1) is 0 Å². The molecule has 2 aliphatic heterocycles. The summed E-state index contributed by atoms with van der Waals surface area (Å²) in [5, 5.41) is -0.341. The number of carbonyl (C=O) groups is 3. The normalized spacial score (nSPS) is 19.3. The van der Waals surface area contributed by atoms with Gasteiger partial charge in [-0.1, -0.05) is 81.7 Å². The van der Waals surface area contributed by atoms with Crippen LogP contribution in [-0.2, 0) is 4.79 Å². The van der Waals surface area contributed by atoms with Crippen LogP contribution in [0.1, 0.15) is 32.3 Å². The van der Waals surface area contributed by atoms with Crippen LogP contribution in [0.4, 0.5) is 10.1 Å². The second kappa shape index (κ2) is 8.80. The molecule has 2 atom stereocenters. The van der Waals surface area contributed by atoms with E-state index < -0.39 is 35.6 Å². The minimum atomic E-state index is -1.30. The molecule has 35 heavy (non-hydrogen) atoms. The molecule has 2 heterocycles. The molecule has 178 valence electrons. The third kappa shape index (κ3) is 3.70. The van der Waals surface area contributed by atoms with Gasteiger partial charge in [0, 0.05) is 15.7 Å². The van der Waals surface area contributed by atoms with Crippen molar-refractivity contribution in [3.8, 4) is 0 Å². The SMILES string of the molecule is O=C1c2c(Cl)c(Cl)c(Cl)c(Cl)c2C(=O)N1[C@H]1C(=O)N(c2cc(Cl)cc(Cl)c2)[C@@H]1c1ccc(F)cc1. The highest BCUT2D eigenvalue weighted by Gasteiger charge is 2.58. The van der Waals surface area contributed by atoms with E-state index in [1.54, 1.807) is 0 Å². The molecular formula is C23H9Cl6FN2O3. The Labute approximate surface area is 227 Å². The zero-order chi connectivity index (χ0) is 25.3. The molecular weight excluding hydrogens is 584 g/mol. The largest absolute Gasteiger partial charge is 0.300 e. The third-order valence-electron chi connectivity index (χ3n) is 5.82. The molecule has 5 rings (SSSR count). The van der Waals surface area contributed by atoms with Crippen LogP contribution in [-0.4, -0.2) is 28.7 Å². The van der Waals surface area contributed by atoms with Gasteiger partial charge in [0.15, 0.2) is 0 Å². The smallest absolute Gasteiger partial charge is 0.264 e. The van der Waals surface area contributed by atoms with Crippen molar-refractivity contribution < 1.29 is 18.8 Å². The van der Waals surface area contributed by atoms with Gasteiger partial charge in [0.1, 0.15) is 11.9 Å². The first-order chi connectivity index (χ1) is 16.5. The molecule has 3 amide bonds. The maximum absolute atomic E-state index is 13.7. The molecule has 0 aromatic heterocycles. The van der Waals surface area contributed by atoms with Crippen LogP contribution in [0.5, 0.6) is 0 Å². The average molecular weight is 593 g/mol. The van der Waals surface area contributed by atoms with E-state index in [0.29, 0.717) is 11.3 Å². The van der Waals surface area contributed by atoms with Crippen LogP contribution < -0.4 is 4.90 Å². The number of fused-ring (bicyclic) bond motifs is 1. The monoisotopic (exact) mass is 590 g/mol. The van der Waals surface area contributed by atoms with E-state index in [0.717, 1.165) is 4.90 Å². The van der Waals surface area contributed by atoms with Gasteiger partial charge < -0.3 is 4.90 Å². The Morgan fingerprint density at radius 2 is 1.11 bits per heavy atom. The maximum Gasteiger partial charge on any atom is 0.264 e. The number of halogens is 7. The number of carbonyl (C=O) groups excluding carboxylic acids is 3. The number of hydrogen-bond acceptors (Lipinski definition) is 3. The standard InChI is InChI=1S/C23H9Cl6FN2O3/c24-9-5-10(25)7-12(6-9)31-19(8-1-3-11(30)4-2-8)20(23(31)35)32-21(33)13-14(22(32)34)16(27)18(29)17(28)15(13)26/h1-7,19-20H/t19-,20-/m1/s1. The summed E-state index contributed by atoms with van der Waals surface area (Å²) < 4.78 is 13.7. The number of anilines is 1. The van der Waals surface area contributed by atoms with E-state index in [2.05, 4.69) is 0 Å². The fraction of sp³-hybridized carbons (Fsp3) is 0.0870. The van der Waals surface area contributed by atoms with Crippen LogP contribution in [0.25, 0.3) is 0 Å². The molecule has 0 bridgehead atoms. The first-order valence-corrected chi connectivity index (χ1v) is 12.1. The summed E-state index contributed by atoms with van der Waals surface area (Å²) in [5.74, 6) is -2.82. The van der Waals surface area contributed by atoms with E-state index in [1.165, 1.54) is 47.4 Å². The van der Waals surface area contributed by atoms with Crippen molar-refractivity contribution >= 4 is 93.0 Å². The number of β-lactam (4-membered cyclic amide) rings is 1. The van der Waals surface area contributed by atoms with E-state index in [9.17, 15) is 18.8 Å². The molecule has 0 radical (unpaired) electrons. The van der Waals surface area contributed by atoms with Crippen molar-refractivity contribution in [3.63, 3.8) is 0 Å². The molecule has 5 nitrogen and oxygen atoms in total. The summed E-state index contributed by atoms with van der Waals surface area (Å²) in [7, 11) is 0. The Balaban J connectivity index is 1.64. The lowest BCUT2D eigenvalue weighted by Crippen LogP contribution is -2.67. The Morgan fingerprint density at radius 3 is 1.60 bits per heavy atom. The summed E-state index contributed by atoms with van der Waals surface area (Å²) in [5.41, 5.74) is 0.297. The molecule has 3 aromatic carbocycles. The molecule has 0 saturated carbocycles. The van der Waals surface area contributed by atoms with Gasteiger partial charge in [-0.05, 0) is 35.9 Å². The van der Waals surface area contributed by atoms with E-state index >= 15 is 0 Å². The average Bonchev–Trinajstić information content (AvgIpc) is 3.05. The van der Waals surface area contributed by atoms with Crippen molar-refractivity contribution in [2.24, 2.45) is 0 Å². The van der Waals surface area contributed by atoms with Gasteiger partial charge in [0.25, 0.3) is 17.7 Å². The minimum absolute atomic E-state index is 0.190. The van der Waals surface area contributed by atoms with E-state index in [-0.39, 0.29) is 41.3 Å². The lowest BCUT2D eigenvalue weighted by molar-refractivity contribution is -0.130. The van der Waals surface area contributed by atoms with Crippen molar-refractivity contribution in [2.45, 2.75) is 12.1 Å². The minimum Gasteiger partial charge on any atom is -0.300 e. The van der Waals surface area contributed by atoms with Gasteiger partial charge >= 0.3 is 0 Å². The topological polar surface area (TPSA) is 57.7 Å². The van der Waals surface area contributed by atoms with Crippen molar-refractivity contribution in [1.82, 2.24) is 4.90 Å². The highest BCUT2D eigenvalue weighted by Crippen LogP contribution is 2.49. The highest BCUT2D eigenvalue weighted by molar-refractivity contribution is 6.55. The molecule has 1 saturated heterocycles. The molecule has 0 aliphatic carbocycles. The molecule has 2 aliphatic rings. The summed E-state index contributed by atoms with van der Waals surface area (Å²) in [6, 6.07) is 7.62. The van der Waals surface area contributed by atoms with Crippen LogP contribution >= 0.6 is 69.6 Å². The first-order valence-electron chi connectivity index (χ1n) is 9.81. The van der Waals surface area contributed by atoms with E-state index in [4.69, 9.17) is 69.6 Å². The Hall–Kier alpha value is -2.06. The van der Waals surface area contributed by atoms with Gasteiger partial charge in [0.2, 0.25) is 0 Å². The number of imide groups is 1. The number of amides is 3. The summed E-state index contributed by atoms with van der Waals surface area (Å²) in [6.07, 6.45) is 0. The van der Waals surface area contributed by atoms with Gasteiger partial charge in [0.05, 0.1) is 37.3 Å². The second-order valence-corrected chi connectivity index (χ2v) is 10.1. The maximum atomic E-state index is 13.7. The molecule has 12 heteroatoms. The molecule has 0 spiro atoms. The first kappa shape index (κ1) is 24.6. The van der Waals surface area contributed by atoms with Crippen molar-refractivity contribution in [2.75, 3.05) is 4.90 Å². The van der Waals surface area contributed by atoms with Gasteiger partial charge in [-0.25, -0.2) is 4.39 Å². The van der Waals surface area contributed by atoms with Crippen LogP contribution in [0.2, 0.25) is 30.1 Å². The Kier molecular flexibility index (Phi) is 6.19. The molecule has 0 unspecified atom stereocenters. The number of hydrogen-bond donors (Lipinski definition) is 0. The zero-order valence-corrected chi connectivity index (χ0v) is 21.5. The van der Waals surface area contributed by atoms with Crippen LogP contribution in [0, 0.1) is 5.82 Å². The lowest BCUT2D eigenvalue weighted by atomic mass is 9.86. The summed E-state index contributed by atoms with van der Waals surface area (Å²) >= 11 is 36.9. The predicted octanol–water partition coefficient (Wildman–Crippen LogP) is 7.50. The summed E-state index contributed by atoms with van der Waals surface area (Å²) in [6.45, 7) is 0. The second-order valence-electron chi connectivity index (χ2n) is 7.76. The van der Waals surface area contributed by atoms with Crippen molar-refractivity contribution in [1.29, 1.82) is 0 Å². The van der Waals surface area contributed by atoms with Crippen LogP contribution in [0.3, 0.4) is 0 Å². The Morgan fingerprint density at radius 1 is 0.629 bits per heavy atom. The Bertz CT molecular complexity index is 1400. The number of rotatable bonds is 3. The third-order valence-corrected chi connectivity index (χ3v) is 8.05. The lowest BCUT2D eigenvalue weighted by Gasteiger charge is -2.49. The zero-order valence-electron chi connectivity index (χ0n) is 17.0.